The number of aliphatic hydroxyl groups is 2. The monoisotopic (exact) mass is 555 g/mol. The molecule has 0 radical (unpaired) electrons. The molecule has 40 heavy (non-hydrogen) atoms. The minimum atomic E-state index is -0.875. The number of hydrogen-bond acceptors (Lipinski definition) is 3. The van der Waals surface area contributed by atoms with Gasteiger partial charge in [-0.05, 0) is 77.6 Å². The van der Waals surface area contributed by atoms with Crippen molar-refractivity contribution in [3.63, 3.8) is 0 Å². The second kappa shape index (κ2) is 31.4. The average molecular weight is 556 g/mol. The number of unbranched alkanes of at least 4 members (excludes halogenated alkanes) is 11. The van der Waals surface area contributed by atoms with Crippen molar-refractivity contribution < 1.29 is 15.0 Å². The third-order valence-electron chi connectivity index (χ3n) is 6.73. The van der Waals surface area contributed by atoms with Gasteiger partial charge in [0.1, 0.15) is 0 Å². The van der Waals surface area contributed by atoms with E-state index in [4.69, 9.17) is 0 Å². The molecule has 228 valence electrons. The van der Waals surface area contributed by atoms with E-state index in [1.54, 1.807) is 6.08 Å². The van der Waals surface area contributed by atoms with E-state index in [-0.39, 0.29) is 12.5 Å². The van der Waals surface area contributed by atoms with Crippen LogP contribution in [0.2, 0.25) is 0 Å². The Bertz CT molecular complexity index is 732. The molecule has 0 aliphatic carbocycles. The van der Waals surface area contributed by atoms with Gasteiger partial charge in [0.05, 0.1) is 18.8 Å². The number of amides is 1. The quantitative estimate of drug-likeness (QED) is 0.0699. The van der Waals surface area contributed by atoms with Crippen LogP contribution < -0.4 is 5.32 Å². The third kappa shape index (κ3) is 27.4. The average Bonchev–Trinajstić information content (AvgIpc) is 2.96. The van der Waals surface area contributed by atoms with Gasteiger partial charge in [-0.15, -0.1) is 0 Å². The Kier molecular flexibility index (Phi) is 29.7. The second-order valence-corrected chi connectivity index (χ2v) is 10.5. The van der Waals surface area contributed by atoms with Gasteiger partial charge >= 0.3 is 0 Å². The lowest BCUT2D eigenvalue weighted by Crippen LogP contribution is -2.45. The minimum absolute atomic E-state index is 0.0993. The number of carbonyl (C=O) groups is 1. The standard InChI is InChI=1S/C36H61NO3/c1-3-5-7-9-11-13-14-15-16-17-18-19-20-21-22-24-26-28-30-32-36(40)37-34(33-38)35(39)31-29-27-25-23-12-10-8-6-4-2/h4,6,11-13,15-16,18-19,23,29,31,34-35,38-39H,3,5,7-10,14,17,20-22,24-28,30,32-33H2,1-2H3,(H,37,40)/b6-4+,13-11-,16-15-,19-18-,23-12+,31-29+. The van der Waals surface area contributed by atoms with Gasteiger partial charge in [-0.2, -0.15) is 0 Å². The predicted octanol–water partition coefficient (Wildman–Crippen LogP) is 9.22. The van der Waals surface area contributed by atoms with Crippen molar-refractivity contribution in [2.45, 2.75) is 142 Å². The smallest absolute Gasteiger partial charge is 0.220 e. The van der Waals surface area contributed by atoms with E-state index in [1.807, 2.05) is 13.0 Å². The van der Waals surface area contributed by atoms with Gasteiger partial charge in [-0.3, -0.25) is 4.79 Å². The van der Waals surface area contributed by atoms with E-state index < -0.39 is 12.1 Å². The van der Waals surface area contributed by atoms with Crippen molar-refractivity contribution in [1.82, 2.24) is 5.32 Å². The second-order valence-electron chi connectivity index (χ2n) is 10.5. The van der Waals surface area contributed by atoms with Crippen LogP contribution >= 0.6 is 0 Å². The first kappa shape index (κ1) is 37.8. The summed E-state index contributed by atoms with van der Waals surface area (Å²) < 4.78 is 0. The number of nitrogens with one attached hydrogen (secondary N) is 1. The summed E-state index contributed by atoms with van der Waals surface area (Å²) in [5, 5.41) is 22.7. The molecule has 0 bridgehead atoms. The molecule has 4 heteroatoms. The highest BCUT2D eigenvalue weighted by atomic mass is 16.3. The van der Waals surface area contributed by atoms with E-state index in [0.29, 0.717) is 6.42 Å². The Hall–Kier alpha value is -2.17. The molecular formula is C36H61NO3. The van der Waals surface area contributed by atoms with Crippen LogP contribution in [0.15, 0.2) is 72.9 Å². The van der Waals surface area contributed by atoms with Crippen LogP contribution in [0.3, 0.4) is 0 Å². The van der Waals surface area contributed by atoms with Crippen LogP contribution in [-0.4, -0.2) is 34.9 Å². The molecule has 2 unspecified atom stereocenters. The third-order valence-corrected chi connectivity index (χ3v) is 6.73. The molecule has 0 aromatic heterocycles. The maximum Gasteiger partial charge on any atom is 0.220 e. The highest BCUT2D eigenvalue weighted by Crippen LogP contribution is 2.10. The first-order valence-corrected chi connectivity index (χ1v) is 16.1. The summed E-state index contributed by atoms with van der Waals surface area (Å²) in [4.78, 5) is 12.2. The summed E-state index contributed by atoms with van der Waals surface area (Å²) in [5.74, 6) is -0.0993. The summed E-state index contributed by atoms with van der Waals surface area (Å²) in [6, 6.07) is -0.652. The van der Waals surface area contributed by atoms with Crippen LogP contribution in [0.5, 0.6) is 0 Å². The van der Waals surface area contributed by atoms with Gasteiger partial charge in [-0.1, -0.05) is 118 Å². The van der Waals surface area contributed by atoms with E-state index in [0.717, 1.165) is 64.2 Å². The van der Waals surface area contributed by atoms with Crippen molar-refractivity contribution in [1.29, 1.82) is 0 Å². The van der Waals surface area contributed by atoms with Crippen molar-refractivity contribution in [3.05, 3.63) is 72.9 Å². The fourth-order valence-electron chi connectivity index (χ4n) is 4.22. The lowest BCUT2D eigenvalue weighted by molar-refractivity contribution is -0.123. The molecule has 0 heterocycles. The van der Waals surface area contributed by atoms with Gasteiger partial charge in [0.2, 0.25) is 5.91 Å². The number of aliphatic hydroxyl groups excluding tert-OH is 2. The molecular weight excluding hydrogens is 494 g/mol. The summed E-state index contributed by atoms with van der Waals surface area (Å²) in [6.07, 6.45) is 44.2. The molecule has 0 saturated carbocycles. The molecule has 0 spiro atoms. The van der Waals surface area contributed by atoms with Crippen LogP contribution in [0.1, 0.15) is 129 Å². The summed E-state index contributed by atoms with van der Waals surface area (Å²) in [7, 11) is 0. The Morgan fingerprint density at radius 1 is 0.650 bits per heavy atom. The molecule has 0 saturated heterocycles. The van der Waals surface area contributed by atoms with Crippen LogP contribution in [-0.2, 0) is 4.79 Å². The van der Waals surface area contributed by atoms with E-state index in [9.17, 15) is 15.0 Å². The highest BCUT2D eigenvalue weighted by molar-refractivity contribution is 5.76. The fourth-order valence-corrected chi connectivity index (χ4v) is 4.22. The SMILES string of the molecule is C/C=C/CC/C=C/CC/C=C/C(O)C(CO)NC(=O)CCCCCCCC/C=C\C/C=C\C/C=C\CCCCC. The Morgan fingerprint density at radius 2 is 1.15 bits per heavy atom. The van der Waals surface area contributed by atoms with Gasteiger partial charge in [0, 0.05) is 6.42 Å². The maximum atomic E-state index is 12.2. The number of hydrogen-bond donors (Lipinski definition) is 3. The molecule has 0 aromatic rings. The van der Waals surface area contributed by atoms with E-state index in [1.165, 1.54) is 44.9 Å². The Morgan fingerprint density at radius 3 is 1.75 bits per heavy atom. The van der Waals surface area contributed by atoms with Crippen molar-refractivity contribution in [2.24, 2.45) is 0 Å². The van der Waals surface area contributed by atoms with E-state index >= 15 is 0 Å². The number of allylic oxidation sites excluding steroid dienone is 11. The summed E-state index contributed by atoms with van der Waals surface area (Å²) in [5.41, 5.74) is 0. The Balaban J connectivity index is 3.73. The molecule has 4 nitrogen and oxygen atoms in total. The van der Waals surface area contributed by atoms with Crippen LogP contribution in [0, 0.1) is 0 Å². The molecule has 3 N–H and O–H groups in total. The molecule has 0 aromatic carbocycles. The molecule has 0 fully saturated rings. The van der Waals surface area contributed by atoms with Gasteiger partial charge in [0.25, 0.3) is 0 Å². The Labute approximate surface area is 247 Å². The molecule has 0 rings (SSSR count). The zero-order valence-corrected chi connectivity index (χ0v) is 25.8. The number of rotatable bonds is 27. The predicted molar refractivity (Wildman–Crippen MR) is 174 cm³/mol. The van der Waals surface area contributed by atoms with E-state index in [2.05, 4.69) is 73.0 Å². The topological polar surface area (TPSA) is 69.6 Å². The largest absolute Gasteiger partial charge is 0.394 e. The van der Waals surface area contributed by atoms with Gasteiger partial charge in [-0.25, -0.2) is 0 Å². The van der Waals surface area contributed by atoms with Crippen molar-refractivity contribution in [2.75, 3.05) is 6.61 Å². The van der Waals surface area contributed by atoms with Crippen LogP contribution in [0.4, 0.5) is 0 Å². The van der Waals surface area contributed by atoms with Gasteiger partial charge < -0.3 is 15.5 Å². The fraction of sp³-hybridized carbons (Fsp3) is 0.639. The summed E-state index contributed by atoms with van der Waals surface area (Å²) >= 11 is 0. The zero-order valence-electron chi connectivity index (χ0n) is 25.8. The lowest BCUT2D eigenvalue weighted by Gasteiger charge is -2.19. The molecule has 2 atom stereocenters. The highest BCUT2D eigenvalue weighted by Gasteiger charge is 2.17. The van der Waals surface area contributed by atoms with Gasteiger partial charge in [0.15, 0.2) is 0 Å². The molecule has 1 amide bonds. The zero-order chi connectivity index (χ0) is 29.4. The first-order valence-electron chi connectivity index (χ1n) is 16.1. The van der Waals surface area contributed by atoms with Crippen LogP contribution in [0.25, 0.3) is 0 Å². The number of carbonyl (C=O) groups excluding carboxylic acids is 1. The first-order chi connectivity index (χ1) is 19.7. The van der Waals surface area contributed by atoms with Crippen molar-refractivity contribution in [3.8, 4) is 0 Å². The summed E-state index contributed by atoms with van der Waals surface area (Å²) in [6.45, 7) is 4.00. The molecule has 0 aliphatic heterocycles. The molecule has 0 aliphatic rings. The lowest BCUT2D eigenvalue weighted by atomic mass is 10.1. The van der Waals surface area contributed by atoms with Crippen molar-refractivity contribution >= 4 is 5.91 Å². The maximum absolute atomic E-state index is 12.2. The minimum Gasteiger partial charge on any atom is -0.394 e. The normalized spacial score (nSPS) is 14.2.